The van der Waals surface area contributed by atoms with Crippen molar-refractivity contribution in [3.8, 4) is 6.07 Å². The van der Waals surface area contributed by atoms with Gasteiger partial charge in [-0.05, 0) is 18.1 Å². The summed E-state index contributed by atoms with van der Waals surface area (Å²) in [4.78, 5) is 6.77. The van der Waals surface area contributed by atoms with Gasteiger partial charge < -0.3 is 4.90 Å². The highest BCUT2D eigenvalue weighted by molar-refractivity contribution is 5.86. The maximum atomic E-state index is 9.27. The van der Waals surface area contributed by atoms with Crippen molar-refractivity contribution < 1.29 is 0 Å². The van der Waals surface area contributed by atoms with Crippen molar-refractivity contribution in [1.82, 2.24) is 4.98 Å². The molecule has 0 spiro atoms. The van der Waals surface area contributed by atoms with E-state index in [0.29, 0.717) is 11.5 Å². The van der Waals surface area contributed by atoms with Gasteiger partial charge in [-0.25, -0.2) is 4.98 Å². The molecule has 0 radical (unpaired) electrons. The molecule has 0 saturated carbocycles. The van der Waals surface area contributed by atoms with E-state index < -0.39 is 0 Å². The third-order valence-corrected chi connectivity index (χ3v) is 3.50. The van der Waals surface area contributed by atoms with Gasteiger partial charge >= 0.3 is 0 Å². The first-order valence-corrected chi connectivity index (χ1v) is 6.66. The number of benzene rings is 1. The number of rotatable bonds is 4. The van der Waals surface area contributed by atoms with Crippen LogP contribution in [0.15, 0.2) is 30.3 Å². The van der Waals surface area contributed by atoms with Gasteiger partial charge in [0.05, 0.1) is 17.1 Å². The summed E-state index contributed by atoms with van der Waals surface area (Å²) in [6, 6.07) is 11.9. The predicted molar refractivity (Wildman–Crippen MR) is 79.2 cm³/mol. The lowest BCUT2D eigenvalue weighted by atomic mass is 10.1. The molecule has 0 bridgehead atoms. The van der Waals surface area contributed by atoms with Crippen LogP contribution < -0.4 is 4.90 Å². The van der Waals surface area contributed by atoms with Gasteiger partial charge in [0.25, 0.3) is 0 Å². The summed E-state index contributed by atoms with van der Waals surface area (Å²) in [5.74, 6) is 1.49. The van der Waals surface area contributed by atoms with E-state index in [2.05, 4.69) is 29.8 Å². The standard InChI is InChI=1S/C16H19N3/c1-4-12(2)11-19(3)16-9-13(10-17)14-7-5-6-8-15(14)18-16/h5-9,12H,4,11H2,1-3H3. The van der Waals surface area contributed by atoms with Crippen molar-refractivity contribution in [2.45, 2.75) is 20.3 Å². The van der Waals surface area contributed by atoms with Crippen LogP contribution in [-0.2, 0) is 0 Å². The average Bonchev–Trinajstić information content (AvgIpc) is 2.45. The molecule has 0 N–H and O–H groups in total. The zero-order valence-corrected chi connectivity index (χ0v) is 11.7. The van der Waals surface area contributed by atoms with Gasteiger partial charge in [-0.2, -0.15) is 5.26 Å². The molecule has 1 aromatic carbocycles. The van der Waals surface area contributed by atoms with Crippen molar-refractivity contribution >= 4 is 16.7 Å². The van der Waals surface area contributed by atoms with Crippen molar-refractivity contribution in [1.29, 1.82) is 5.26 Å². The molecular formula is C16H19N3. The Morgan fingerprint density at radius 3 is 2.79 bits per heavy atom. The van der Waals surface area contributed by atoms with E-state index in [0.717, 1.165) is 29.7 Å². The Morgan fingerprint density at radius 2 is 2.11 bits per heavy atom. The number of nitrogens with zero attached hydrogens (tertiary/aromatic N) is 3. The summed E-state index contributed by atoms with van der Waals surface area (Å²) in [5.41, 5.74) is 1.57. The molecule has 0 amide bonds. The minimum Gasteiger partial charge on any atom is -0.359 e. The molecule has 0 saturated heterocycles. The molecule has 3 nitrogen and oxygen atoms in total. The highest BCUT2D eigenvalue weighted by atomic mass is 15.2. The van der Waals surface area contributed by atoms with Crippen LogP contribution in [0.2, 0.25) is 0 Å². The largest absolute Gasteiger partial charge is 0.359 e. The van der Waals surface area contributed by atoms with Crippen molar-refractivity contribution in [2.24, 2.45) is 5.92 Å². The van der Waals surface area contributed by atoms with Crippen LogP contribution in [0.5, 0.6) is 0 Å². The fraction of sp³-hybridized carbons (Fsp3) is 0.375. The molecule has 1 unspecified atom stereocenters. The lowest BCUT2D eigenvalue weighted by Gasteiger charge is -2.22. The van der Waals surface area contributed by atoms with E-state index in [4.69, 9.17) is 0 Å². The van der Waals surface area contributed by atoms with E-state index in [1.54, 1.807) is 0 Å². The Labute approximate surface area is 114 Å². The number of hydrogen-bond acceptors (Lipinski definition) is 3. The second kappa shape index (κ2) is 5.71. The van der Waals surface area contributed by atoms with E-state index in [1.807, 2.05) is 37.4 Å². The molecule has 19 heavy (non-hydrogen) atoms. The molecule has 1 aromatic heterocycles. The van der Waals surface area contributed by atoms with Crippen LogP contribution in [0, 0.1) is 17.2 Å². The molecule has 0 aliphatic rings. The quantitative estimate of drug-likeness (QED) is 0.836. The molecule has 0 aliphatic carbocycles. The lowest BCUT2D eigenvalue weighted by molar-refractivity contribution is 0.558. The number of fused-ring (bicyclic) bond motifs is 1. The average molecular weight is 253 g/mol. The maximum Gasteiger partial charge on any atom is 0.130 e. The number of para-hydroxylation sites is 1. The predicted octanol–water partition coefficient (Wildman–Crippen LogP) is 3.59. The zero-order chi connectivity index (χ0) is 13.8. The van der Waals surface area contributed by atoms with E-state index in [-0.39, 0.29) is 0 Å². The summed E-state index contributed by atoms with van der Waals surface area (Å²) < 4.78 is 0. The zero-order valence-electron chi connectivity index (χ0n) is 11.7. The Bertz CT molecular complexity index is 613. The van der Waals surface area contributed by atoms with Crippen molar-refractivity contribution in [2.75, 3.05) is 18.5 Å². The van der Waals surface area contributed by atoms with Crippen LogP contribution in [0.25, 0.3) is 10.9 Å². The first kappa shape index (κ1) is 13.4. The van der Waals surface area contributed by atoms with Crippen LogP contribution in [-0.4, -0.2) is 18.6 Å². The van der Waals surface area contributed by atoms with Crippen LogP contribution in [0.4, 0.5) is 5.82 Å². The molecule has 2 aromatic rings. The minimum absolute atomic E-state index is 0.615. The topological polar surface area (TPSA) is 39.9 Å². The van der Waals surface area contributed by atoms with Crippen molar-refractivity contribution in [3.05, 3.63) is 35.9 Å². The van der Waals surface area contributed by atoms with Crippen LogP contribution in [0.1, 0.15) is 25.8 Å². The fourth-order valence-corrected chi connectivity index (χ4v) is 2.14. The molecule has 1 heterocycles. The summed E-state index contributed by atoms with van der Waals surface area (Å²) >= 11 is 0. The monoisotopic (exact) mass is 253 g/mol. The Morgan fingerprint density at radius 1 is 1.37 bits per heavy atom. The highest BCUT2D eigenvalue weighted by Crippen LogP contribution is 2.22. The molecular weight excluding hydrogens is 234 g/mol. The number of aromatic nitrogens is 1. The Hall–Kier alpha value is -2.08. The highest BCUT2D eigenvalue weighted by Gasteiger charge is 2.10. The SMILES string of the molecule is CCC(C)CN(C)c1cc(C#N)c2ccccc2n1. The lowest BCUT2D eigenvalue weighted by Crippen LogP contribution is -2.24. The second-order valence-corrected chi connectivity index (χ2v) is 5.05. The van der Waals surface area contributed by atoms with Gasteiger partial charge in [-0.3, -0.25) is 0 Å². The normalized spacial score (nSPS) is 12.1. The van der Waals surface area contributed by atoms with E-state index >= 15 is 0 Å². The summed E-state index contributed by atoms with van der Waals surface area (Å²) in [6.07, 6.45) is 1.14. The Kier molecular flexibility index (Phi) is 4.01. The van der Waals surface area contributed by atoms with Crippen LogP contribution in [0.3, 0.4) is 0 Å². The molecule has 2 rings (SSSR count). The van der Waals surface area contributed by atoms with Crippen LogP contribution >= 0.6 is 0 Å². The number of anilines is 1. The summed E-state index contributed by atoms with van der Waals surface area (Å²) in [5, 5.41) is 10.2. The summed E-state index contributed by atoms with van der Waals surface area (Å²) in [7, 11) is 2.03. The summed E-state index contributed by atoms with van der Waals surface area (Å²) in [6.45, 7) is 5.36. The molecule has 1 atom stereocenters. The maximum absolute atomic E-state index is 9.27. The first-order chi connectivity index (χ1) is 9.15. The molecule has 0 aliphatic heterocycles. The minimum atomic E-state index is 0.615. The van der Waals surface area contributed by atoms with Gasteiger partial charge in [0, 0.05) is 19.0 Å². The Balaban J connectivity index is 2.42. The van der Waals surface area contributed by atoms with Gasteiger partial charge in [0.15, 0.2) is 0 Å². The van der Waals surface area contributed by atoms with Gasteiger partial charge in [-0.15, -0.1) is 0 Å². The second-order valence-electron chi connectivity index (χ2n) is 5.05. The van der Waals surface area contributed by atoms with E-state index in [1.165, 1.54) is 0 Å². The van der Waals surface area contributed by atoms with Gasteiger partial charge in [-0.1, -0.05) is 38.5 Å². The van der Waals surface area contributed by atoms with Crippen molar-refractivity contribution in [3.63, 3.8) is 0 Å². The third-order valence-electron chi connectivity index (χ3n) is 3.50. The molecule has 0 fully saturated rings. The fourth-order valence-electron chi connectivity index (χ4n) is 2.14. The number of hydrogen-bond donors (Lipinski definition) is 0. The first-order valence-electron chi connectivity index (χ1n) is 6.66. The molecule has 98 valence electrons. The van der Waals surface area contributed by atoms with Gasteiger partial charge in [0.2, 0.25) is 0 Å². The van der Waals surface area contributed by atoms with E-state index in [9.17, 15) is 5.26 Å². The number of pyridine rings is 1. The third kappa shape index (κ3) is 2.85. The smallest absolute Gasteiger partial charge is 0.130 e. The van der Waals surface area contributed by atoms with Gasteiger partial charge in [0.1, 0.15) is 5.82 Å². The number of nitriles is 1. The molecule has 3 heteroatoms.